The van der Waals surface area contributed by atoms with Crippen LogP contribution in [0.4, 0.5) is 0 Å². The van der Waals surface area contributed by atoms with Gasteiger partial charge in [0.1, 0.15) is 0 Å². The molecule has 0 aliphatic heterocycles. The molecule has 2 aromatic rings. The normalized spacial score (nSPS) is 18.6. The summed E-state index contributed by atoms with van der Waals surface area (Å²) in [4.78, 5) is 7.62. The number of hydrogen-bond acceptors (Lipinski definition) is 5. The van der Waals surface area contributed by atoms with Gasteiger partial charge in [-0.05, 0) is 44.4 Å². The highest BCUT2D eigenvalue weighted by Crippen LogP contribution is 2.32. The van der Waals surface area contributed by atoms with Gasteiger partial charge in [0.25, 0.3) is 0 Å². The number of hydrogen-bond donors (Lipinski definition) is 1. The largest absolute Gasteiger partial charge is 0.389 e. The van der Waals surface area contributed by atoms with Crippen LogP contribution in [0.2, 0.25) is 0 Å². The van der Waals surface area contributed by atoms with Gasteiger partial charge in [0, 0.05) is 24.2 Å². The fourth-order valence-electron chi connectivity index (χ4n) is 3.33. The van der Waals surface area contributed by atoms with Gasteiger partial charge in [-0.15, -0.1) is 11.3 Å². The Hall–Kier alpha value is -1.27. The Labute approximate surface area is 148 Å². The van der Waals surface area contributed by atoms with E-state index < -0.39 is 6.10 Å². The third-order valence-electron chi connectivity index (χ3n) is 4.42. The summed E-state index contributed by atoms with van der Waals surface area (Å²) in [5.41, 5.74) is 2.69. The summed E-state index contributed by atoms with van der Waals surface area (Å²) in [5, 5.41) is 11.4. The number of rotatable bonds is 7. The second-order valence-electron chi connectivity index (χ2n) is 6.61. The highest BCUT2D eigenvalue weighted by Gasteiger charge is 2.21. The number of thiazole rings is 1. The van der Waals surface area contributed by atoms with E-state index in [2.05, 4.69) is 34.1 Å². The van der Waals surface area contributed by atoms with E-state index in [4.69, 9.17) is 4.74 Å². The summed E-state index contributed by atoms with van der Waals surface area (Å²) in [7, 11) is 2.02. The summed E-state index contributed by atoms with van der Waals surface area (Å²) >= 11 is 1.71. The lowest BCUT2D eigenvalue weighted by Gasteiger charge is -2.27. The maximum absolute atomic E-state index is 10.3. The number of aliphatic hydroxyl groups is 1. The molecule has 0 unspecified atom stereocenters. The number of benzene rings is 1. The van der Waals surface area contributed by atoms with Gasteiger partial charge in [0.05, 0.1) is 23.8 Å². The summed E-state index contributed by atoms with van der Waals surface area (Å²) in [5.74, 6) is 0. The lowest BCUT2D eigenvalue weighted by molar-refractivity contribution is -0.0265. The van der Waals surface area contributed by atoms with E-state index in [0.29, 0.717) is 13.2 Å². The first-order valence-corrected chi connectivity index (χ1v) is 9.41. The van der Waals surface area contributed by atoms with E-state index in [1.807, 2.05) is 20.2 Å². The van der Waals surface area contributed by atoms with Crippen LogP contribution in [0.5, 0.6) is 0 Å². The van der Waals surface area contributed by atoms with Crippen LogP contribution in [-0.2, 0) is 17.7 Å². The van der Waals surface area contributed by atoms with Crippen LogP contribution in [0.1, 0.15) is 40.0 Å². The molecular formula is C19H26N2O2S. The second-order valence-corrected chi connectivity index (χ2v) is 7.93. The van der Waals surface area contributed by atoms with Crippen molar-refractivity contribution in [2.75, 3.05) is 20.2 Å². The summed E-state index contributed by atoms with van der Waals surface area (Å²) in [6.45, 7) is 3.81. The minimum absolute atomic E-state index is 0.124. The topological polar surface area (TPSA) is 45.6 Å². The second kappa shape index (κ2) is 8.21. The maximum atomic E-state index is 10.3. The van der Waals surface area contributed by atoms with Crippen molar-refractivity contribution >= 4 is 11.3 Å². The van der Waals surface area contributed by atoms with Crippen LogP contribution in [0.15, 0.2) is 30.5 Å². The van der Waals surface area contributed by atoms with E-state index >= 15 is 0 Å². The molecule has 0 bridgehead atoms. The molecule has 0 amide bonds. The zero-order valence-electron chi connectivity index (χ0n) is 14.4. The zero-order chi connectivity index (χ0) is 16.9. The predicted octanol–water partition coefficient (Wildman–Crippen LogP) is 3.34. The van der Waals surface area contributed by atoms with Gasteiger partial charge in [-0.1, -0.05) is 24.3 Å². The Morgan fingerprint density at radius 3 is 3.04 bits per heavy atom. The van der Waals surface area contributed by atoms with E-state index in [9.17, 15) is 5.11 Å². The summed E-state index contributed by atoms with van der Waals surface area (Å²) in [6, 6.07) is 8.50. The number of aliphatic hydroxyl groups excluding tert-OH is 1. The van der Waals surface area contributed by atoms with Crippen LogP contribution < -0.4 is 0 Å². The molecular weight excluding hydrogens is 320 g/mol. The van der Waals surface area contributed by atoms with Crippen LogP contribution in [-0.4, -0.2) is 41.3 Å². The number of likely N-dealkylation sites (N-methyl/N-ethyl adjacent to an activating group) is 1. The highest BCUT2D eigenvalue weighted by atomic mass is 32.1. The molecule has 0 saturated heterocycles. The Morgan fingerprint density at radius 2 is 2.25 bits per heavy atom. The average molecular weight is 346 g/mol. The molecule has 4 nitrogen and oxygen atoms in total. The quantitative estimate of drug-likeness (QED) is 0.835. The monoisotopic (exact) mass is 346 g/mol. The number of fused-ring (bicyclic) bond motifs is 1. The molecule has 130 valence electrons. The van der Waals surface area contributed by atoms with Crippen LogP contribution in [0.3, 0.4) is 0 Å². The standard InChI is InChI=1S/C19H26N2O2S/c1-14-20-10-17(24-14)12-21(2)11-16(22)13-23-19-9-5-7-15-6-3-4-8-18(15)19/h3-4,6,8,10,16,19,22H,5,7,9,11-13H2,1-2H3/t16-,19-/m0/s1. The third kappa shape index (κ3) is 4.63. The molecule has 3 rings (SSSR count). The SMILES string of the molecule is Cc1ncc(CN(C)C[C@H](O)CO[C@H]2CCCc3ccccc32)s1. The predicted molar refractivity (Wildman–Crippen MR) is 97.3 cm³/mol. The third-order valence-corrected chi connectivity index (χ3v) is 5.32. The first-order chi connectivity index (χ1) is 11.6. The average Bonchev–Trinajstić information content (AvgIpc) is 2.97. The summed E-state index contributed by atoms with van der Waals surface area (Å²) < 4.78 is 6.04. The van der Waals surface area contributed by atoms with E-state index in [0.717, 1.165) is 30.8 Å². The molecule has 1 N–H and O–H groups in total. The van der Waals surface area contributed by atoms with Gasteiger partial charge in [-0.3, -0.25) is 4.90 Å². The van der Waals surface area contributed by atoms with Gasteiger partial charge < -0.3 is 9.84 Å². The summed E-state index contributed by atoms with van der Waals surface area (Å²) in [6.07, 6.45) is 4.90. The Balaban J connectivity index is 1.46. The van der Waals surface area contributed by atoms with E-state index in [1.165, 1.54) is 16.0 Å². The molecule has 0 spiro atoms. The molecule has 1 aromatic heterocycles. The molecule has 1 aromatic carbocycles. The fraction of sp³-hybridized carbons (Fsp3) is 0.526. The van der Waals surface area contributed by atoms with Gasteiger partial charge in [0.15, 0.2) is 0 Å². The van der Waals surface area contributed by atoms with Crippen molar-refractivity contribution in [2.24, 2.45) is 0 Å². The van der Waals surface area contributed by atoms with Crippen molar-refractivity contribution in [1.29, 1.82) is 0 Å². The Morgan fingerprint density at radius 1 is 1.42 bits per heavy atom. The molecule has 5 heteroatoms. The number of aromatic nitrogens is 1. The molecule has 1 aliphatic rings. The number of ether oxygens (including phenoxy) is 1. The maximum Gasteiger partial charge on any atom is 0.0900 e. The highest BCUT2D eigenvalue weighted by molar-refractivity contribution is 7.11. The molecule has 0 fully saturated rings. The number of nitrogens with zero attached hydrogens (tertiary/aromatic N) is 2. The van der Waals surface area contributed by atoms with Crippen molar-refractivity contribution in [3.8, 4) is 0 Å². The minimum Gasteiger partial charge on any atom is -0.389 e. The van der Waals surface area contributed by atoms with Gasteiger partial charge in [-0.25, -0.2) is 4.98 Å². The first-order valence-electron chi connectivity index (χ1n) is 8.59. The molecule has 2 atom stereocenters. The molecule has 0 saturated carbocycles. The zero-order valence-corrected chi connectivity index (χ0v) is 15.3. The van der Waals surface area contributed by atoms with E-state index in [-0.39, 0.29) is 6.10 Å². The fourth-order valence-corrected chi connectivity index (χ4v) is 4.21. The smallest absolute Gasteiger partial charge is 0.0900 e. The van der Waals surface area contributed by atoms with Gasteiger partial charge in [-0.2, -0.15) is 0 Å². The molecule has 24 heavy (non-hydrogen) atoms. The lowest BCUT2D eigenvalue weighted by Crippen LogP contribution is -2.32. The first kappa shape index (κ1) is 17.5. The van der Waals surface area contributed by atoms with Crippen molar-refractivity contribution in [3.63, 3.8) is 0 Å². The van der Waals surface area contributed by atoms with Crippen molar-refractivity contribution in [3.05, 3.63) is 51.5 Å². The Bertz CT molecular complexity index is 658. The van der Waals surface area contributed by atoms with Crippen LogP contribution in [0, 0.1) is 6.92 Å². The van der Waals surface area contributed by atoms with Crippen LogP contribution >= 0.6 is 11.3 Å². The Kier molecular flexibility index (Phi) is 6.00. The van der Waals surface area contributed by atoms with Crippen molar-refractivity contribution < 1.29 is 9.84 Å². The number of aryl methyl sites for hydroxylation is 2. The molecule has 1 heterocycles. The molecule has 1 aliphatic carbocycles. The van der Waals surface area contributed by atoms with E-state index in [1.54, 1.807) is 11.3 Å². The van der Waals surface area contributed by atoms with Crippen LogP contribution in [0.25, 0.3) is 0 Å². The van der Waals surface area contributed by atoms with Gasteiger partial charge in [0.2, 0.25) is 0 Å². The van der Waals surface area contributed by atoms with Gasteiger partial charge >= 0.3 is 0 Å². The minimum atomic E-state index is -0.474. The lowest BCUT2D eigenvalue weighted by atomic mass is 9.89. The van der Waals surface area contributed by atoms with Crippen molar-refractivity contribution in [2.45, 2.75) is 44.9 Å². The van der Waals surface area contributed by atoms with Crippen molar-refractivity contribution in [1.82, 2.24) is 9.88 Å². The molecule has 0 radical (unpaired) electrons.